The second-order valence-electron chi connectivity index (χ2n) is 10.3. The molecule has 1 amide bonds. The summed E-state index contributed by atoms with van der Waals surface area (Å²) in [7, 11) is 0. The van der Waals surface area contributed by atoms with Gasteiger partial charge in [-0.1, -0.05) is 51.1 Å². The standard InChI is InChI=1S/C28H31FN6O/c1-19-24-25(33-14-16-34(17-15-33)27(36)28(2,3)4)30-23(18-20-8-6-5-7-9-20)31-26(24)35(32-19)22-12-10-21(29)11-13-22/h5-13H,14-18H2,1-4H3. The smallest absolute Gasteiger partial charge is 0.228 e. The van der Waals surface area contributed by atoms with Crippen molar-refractivity contribution in [3.8, 4) is 5.69 Å². The molecule has 0 aliphatic carbocycles. The molecule has 0 saturated carbocycles. The summed E-state index contributed by atoms with van der Waals surface area (Å²) in [6.07, 6.45) is 0.583. The van der Waals surface area contributed by atoms with Crippen LogP contribution >= 0.6 is 0 Å². The van der Waals surface area contributed by atoms with E-state index >= 15 is 0 Å². The van der Waals surface area contributed by atoms with Gasteiger partial charge in [-0.05, 0) is 36.8 Å². The van der Waals surface area contributed by atoms with Crippen LogP contribution in [0.15, 0.2) is 54.6 Å². The quantitative estimate of drug-likeness (QED) is 0.423. The highest BCUT2D eigenvalue weighted by Crippen LogP contribution is 2.31. The topological polar surface area (TPSA) is 67.2 Å². The zero-order chi connectivity index (χ0) is 25.4. The summed E-state index contributed by atoms with van der Waals surface area (Å²) in [6.45, 7) is 10.5. The zero-order valence-corrected chi connectivity index (χ0v) is 21.2. The van der Waals surface area contributed by atoms with Crippen molar-refractivity contribution in [3.63, 3.8) is 0 Å². The number of nitrogens with zero attached hydrogens (tertiary/aromatic N) is 6. The molecule has 4 aromatic rings. The maximum atomic E-state index is 13.6. The van der Waals surface area contributed by atoms with E-state index in [4.69, 9.17) is 15.1 Å². The molecule has 0 bridgehead atoms. The molecular weight excluding hydrogens is 455 g/mol. The van der Waals surface area contributed by atoms with Gasteiger partial charge >= 0.3 is 0 Å². The SMILES string of the molecule is Cc1nn(-c2ccc(F)cc2)c2nc(Cc3ccccc3)nc(N3CCN(C(=O)C(C)(C)C)CC3)c12. The molecule has 0 atom stereocenters. The molecule has 0 N–H and O–H groups in total. The molecule has 2 aromatic carbocycles. The number of rotatable bonds is 4. The third-order valence-corrected chi connectivity index (χ3v) is 6.51. The van der Waals surface area contributed by atoms with E-state index in [0.29, 0.717) is 44.1 Å². The van der Waals surface area contributed by atoms with E-state index in [2.05, 4.69) is 17.0 Å². The molecular formula is C28H31FN6O. The van der Waals surface area contributed by atoms with Gasteiger partial charge < -0.3 is 9.80 Å². The van der Waals surface area contributed by atoms with Crippen molar-refractivity contribution in [1.29, 1.82) is 0 Å². The lowest BCUT2D eigenvalue weighted by Crippen LogP contribution is -2.52. The predicted octanol–water partition coefficient (Wildman–Crippen LogP) is 4.55. The number of hydrogen-bond donors (Lipinski definition) is 0. The molecule has 0 spiro atoms. The number of fused-ring (bicyclic) bond motifs is 1. The molecule has 7 nitrogen and oxygen atoms in total. The number of halogens is 1. The van der Waals surface area contributed by atoms with E-state index in [0.717, 1.165) is 28.1 Å². The number of aromatic nitrogens is 4. The number of aryl methyl sites for hydroxylation is 1. The van der Waals surface area contributed by atoms with Gasteiger partial charge in [0.2, 0.25) is 5.91 Å². The molecule has 1 fully saturated rings. The van der Waals surface area contributed by atoms with Gasteiger partial charge in [-0.25, -0.2) is 19.0 Å². The van der Waals surface area contributed by atoms with Crippen molar-refractivity contribution in [3.05, 3.63) is 77.5 Å². The first-order valence-corrected chi connectivity index (χ1v) is 12.3. The van der Waals surface area contributed by atoms with Crippen LogP contribution in [0.4, 0.5) is 10.2 Å². The Kier molecular flexibility index (Phi) is 6.20. The average Bonchev–Trinajstić information content (AvgIpc) is 3.20. The number of carbonyl (C=O) groups is 1. The Morgan fingerprint density at radius 3 is 2.25 bits per heavy atom. The van der Waals surface area contributed by atoms with Gasteiger partial charge in [0.1, 0.15) is 17.5 Å². The van der Waals surface area contributed by atoms with Gasteiger partial charge in [0.25, 0.3) is 0 Å². The van der Waals surface area contributed by atoms with Crippen LogP contribution in [0.2, 0.25) is 0 Å². The van der Waals surface area contributed by atoms with Gasteiger partial charge in [0.15, 0.2) is 5.65 Å². The van der Waals surface area contributed by atoms with E-state index in [9.17, 15) is 9.18 Å². The van der Waals surface area contributed by atoms with E-state index in [1.807, 2.05) is 50.8 Å². The monoisotopic (exact) mass is 486 g/mol. The van der Waals surface area contributed by atoms with Gasteiger partial charge in [-0.2, -0.15) is 5.10 Å². The molecule has 2 aromatic heterocycles. The highest BCUT2D eigenvalue weighted by atomic mass is 19.1. The van der Waals surface area contributed by atoms with Crippen LogP contribution in [0.1, 0.15) is 37.9 Å². The number of anilines is 1. The Bertz CT molecular complexity index is 1380. The fourth-order valence-electron chi connectivity index (χ4n) is 4.65. The van der Waals surface area contributed by atoms with Crippen LogP contribution in [0, 0.1) is 18.2 Å². The third kappa shape index (κ3) is 4.67. The molecule has 0 radical (unpaired) electrons. The molecule has 3 heterocycles. The van der Waals surface area contributed by atoms with E-state index in [1.165, 1.54) is 12.1 Å². The summed E-state index contributed by atoms with van der Waals surface area (Å²) in [5.74, 6) is 1.40. The lowest BCUT2D eigenvalue weighted by Gasteiger charge is -2.38. The van der Waals surface area contributed by atoms with Gasteiger partial charge in [0.05, 0.1) is 16.8 Å². The number of piperazine rings is 1. The lowest BCUT2D eigenvalue weighted by molar-refractivity contribution is -0.139. The number of hydrogen-bond acceptors (Lipinski definition) is 5. The summed E-state index contributed by atoms with van der Waals surface area (Å²) < 4.78 is 15.4. The van der Waals surface area contributed by atoms with Gasteiger partial charge in [-0.15, -0.1) is 0 Å². The first kappa shape index (κ1) is 23.9. The molecule has 8 heteroatoms. The van der Waals surface area contributed by atoms with Crippen LogP contribution in [0.25, 0.3) is 16.7 Å². The Labute approximate surface area is 210 Å². The second-order valence-corrected chi connectivity index (χ2v) is 10.3. The maximum absolute atomic E-state index is 13.6. The predicted molar refractivity (Wildman–Crippen MR) is 139 cm³/mol. The van der Waals surface area contributed by atoms with Crippen molar-refractivity contribution < 1.29 is 9.18 Å². The Balaban J connectivity index is 1.56. The highest BCUT2D eigenvalue weighted by Gasteiger charge is 2.31. The molecule has 1 saturated heterocycles. The summed E-state index contributed by atoms with van der Waals surface area (Å²) in [6, 6.07) is 16.4. The molecule has 36 heavy (non-hydrogen) atoms. The number of benzene rings is 2. The Morgan fingerprint density at radius 2 is 1.61 bits per heavy atom. The van der Waals surface area contributed by atoms with E-state index < -0.39 is 5.41 Å². The Hall–Kier alpha value is -3.81. The number of amides is 1. The minimum atomic E-state index is -0.403. The molecule has 5 rings (SSSR count). The summed E-state index contributed by atoms with van der Waals surface area (Å²) in [4.78, 5) is 26.9. The van der Waals surface area contributed by atoms with Crippen molar-refractivity contribution in [1.82, 2.24) is 24.6 Å². The van der Waals surface area contributed by atoms with E-state index in [-0.39, 0.29) is 11.7 Å². The largest absolute Gasteiger partial charge is 0.352 e. The van der Waals surface area contributed by atoms with Crippen molar-refractivity contribution in [2.45, 2.75) is 34.1 Å². The van der Waals surface area contributed by atoms with Crippen LogP contribution < -0.4 is 4.90 Å². The summed E-state index contributed by atoms with van der Waals surface area (Å²) >= 11 is 0. The fourth-order valence-corrected chi connectivity index (χ4v) is 4.65. The summed E-state index contributed by atoms with van der Waals surface area (Å²) in [5.41, 5.74) is 2.96. The molecule has 0 unspecified atom stereocenters. The lowest BCUT2D eigenvalue weighted by atomic mass is 9.94. The first-order valence-electron chi connectivity index (χ1n) is 12.3. The van der Waals surface area contributed by atoms with Crippen molar-refractivity contribution in [2.75, 3.05) is 31.1 Å². The van der Waals surface area contributed by atoms with E-state index in [1.54, 1.807) is 16.8 Å². The fraction of sp³-hybridized carbons (Fsp3) is 0.357. The van der Waals surface area contributed by atoms with Crippen molar-refractivity contribution >= 4 is 22.8 Å². The van der Waals surface area contributed by atoms with Crippen LogP contribution in [0.5, 0.6) is 0 Å². The second kappa shape index (κ2) is 9.33. The van der Waals surface area contributed by atoms with Crippen LogP contribution in [0.3, 0.4) is 0 Å². The molecule has 186 valence electrons. The zero-order valence-electron chi connectivity index (χ0n) is 21.2. The average molecular weight is 487 g/mol. The highest BCUT2D eigenvalue weighted by molar-refractivity contribution is 5.91. The minimum Gasteiger partial charge on any atom is -0.352 e. The number of carbonyl (C=O) groups excluding carboxylic acids is 1. The van der Waals surface area contributed by atoms with Gasteiger partial charge in [-0.3, -0.25) is 4.79 Å². The first-order chi connectivity index (χ1) is 17.2. The Morgan fingerprint density at radius 1 is 0.944 bits per heavy atom. The normalized spacial score (nSPS) is 14.5. The van der Waals surface area contributed by atoms with Crippen LogP contribution in [-0.2, 0) is 11.2 Å². The van der Waals surface area contributed by atoms with Crippen LogP contribution in [-0.4, -0.2) is 56.7 Å². The minimum absolute atomic E-state index is 0.167. The van der Waals surface area contributed by atoms with Crippen molar-refractivity contribution in [2.24, 2.45) is 5.41 Å². The maximum Gasteiger partial charge on any atom is 0.228 e. The summed E-state index contributed by atoms with van der Waals surface area (Å²) in [5, 5.41) is 5.65. The molecule has 1 aliphatic rings. The third-order valence-electron chi connectivity index (χ3n) is 6.51. The van der Waals surface area contributed by atoms with Gasteiger partial charge in [0, 0.05) is 38.0 Å². The molecule has 1 aliphatic heterocycles.